The maximum absolute atomic E-state index is 12.8. The number of nitrogens with zero attached hydrogens (tertiary/aromatic N) is 13. The molecule has 3 aliphatic rings. The van der Waals surface area contributed by atoms with Gasteiger partial charge in [-0.05, 0) is 44.7 Å². The molecule has 21 heteroatoms. The number of likely N-dealkylation sites (N-methyl/N-ethyl adjacent to an activating group) is 1. The highest BCUT2D eigenvalue weighted by Gasteiger charge is 2.25. The number of anilines is 6. The molecule has 8 rings (SSSR count). The van der Waals surface area contributed by atoms with Crippen LogP contribution in [-0.4, -0.2) is 145 Å². The number of hydrogen-bond donors (Lipinski definition) is 4. The van der Waals surface area contributed by atoms with E-state index >= 15 is 0 Å². The summed E-state index contributed by atoms with van der Waals surface area (Å²) in [7, 11) is 5.24. The molecule has 65 heavy (non-hydrogen) atoms. The molecule has 6 heterocycles. The predicted molar refractivity (Wildman–Crippen MR) is 246 cm³/mol. The summed E-state index contributed by atoms with van der Waals surface area (Å²) in [6.45, 7) is 11.3. The van der Waals surface area contributed by atoms with Gasteiger partial charge >= 0.3 is 0 Å². The molecule has 1 amide bonds. The number of ether oxygens (including phenoxy) is 2. The number of hydrogen-bond acceptors (Lipinski definition) is 19. The van der Waals surface area contributed by atoms with E-state index in [2.05, 4.69) is 89.6 Å². The molecule has 0 bridgehead atoms. The van der Waals surface area contributed by atoms with Crippen LogP contribution in [0.5, 0.6) is 11.8 Å². The summed E-state index contributed by atoms with van der Waals surface area (Å²) in [6, 6.07) is 9.99. The van der Waals surface area contributed by atoms with Crippen LogP contribution in [0.1, 0.15) is 68.7 Å². The Morgan fingerprint density at radius 1 is 0.723 bits per heavy atom. The fourth-order valence-corrected chi connectivity index (χ4v) is 7.71. The molecule has 0 atom stereocenters. The number of methoxy groups -OCH3 is 2. The zero-order chi connectivity index (χ0) is 45.3. The molecule has 4 aromatic heterocycles. The van der Waals surface area contributed by atoms with Gasteiger partial charge in [0.2, 0.25) is 53.4 Å². The number of piperazine rings is 2. The smallest absolute Gasteiger partial charge is 0.252 e. The molecule has 2 saturated heterocycles. The monoisotopic (exact) mass is 889 g/mol. The van der Waals surface area contributed by atoms with E-state index in [1.54, 1.807) is 14.2 Å². The van der Waals surface area contributed by atoms with Crippen molar-refractivity contribution in [2.45, 2.75) is 77.8 Å². The third kappa shape index (κ3) is 11.9. The summed E-state index contributed by atoms with van der Waals surface area (Å²) >= 11 is 0. The van der Waals surface area contributed by atoms with E-state index in [9.17, 15) is 9.59 Å². The second-order valence-electron chi connectivity index (χ2n) is 16.5. The van der Waals surface area contributed by atoms with E-state index in [4.69, 9.17) is 24.4 Å². The molecule has 1 aromatic carbocycles. The SMILES string of the molecule is CCc1nc(Nc2nc(OC)c(CCCCC(=O)NC3CC3)c(OC)n2)nc(N2CCN(Cc3ccc(-c4cc(=O)[nH]c(Nc5nc(CC)nc(N6CCN(C)CC6)n5)n4)cc3)CC2)n1. The van der Waals surface area contributed by atoms with Crippen LogP contribution in [0.2, 0.25) is 0 Å². The average Bonchev–Trinajstić information content (AvgIpc) is 4.14. The number of nitrogens with one attached hydrogen (secondary N) is 4. The molecule has 5 aromatic rings. The van der Waals surface area contributed by atoms with Crippen LogP contribution in [0.15, 0.2) is 35.1 Å². The van der Waals surface area contributed by atoms with Crippen molar-refractivity contribution >= 4 is 41.6 Å². The van der Waals surface area contributed by atoms with Gasteiger partial charge in [0.25, 0.3) is 5.56 Å². The van der Waals surface area contributed by atoms with E-state index in [0.29, 0.717) is 84.6 Å². The highest BCUT2D eigenvalue weighted by Crippen LogP contribution is 2.30. The van der Waals surface area contributed by atoms with E-state index in [0.717, 1.165) is 101 Å². The van der Waals surface area contributed by atoms with Crippen molar-refractivity contribution in [1.29, 1.82) is 0 Å². The third-order valence-corrected chi connectivity index (χ3v) is 11.6. The molecular weight excluding hydrogens is 831 g/mol. The third-order valence-electron chi connectivity index (χ3n) is 11.6. The van der Waals surface area contributed by atoms with Gasteiger partial charge in [-0.3, -0.25) is 30.1 Å². The number of rotatable bonds is 19. The van der Waals surface area contributed by atoms with Crippen molar-refractivity contribution in [3.05, 3.63) is 63.5 Å². The van der Waals surface area contributed by atoms with Crippen LogP contribution >= 0.6 is 0 Å². The fraction of sp³-hybridized carbons (Fsp3) is 0.523. The lowest BCUT2D eigenvalue weighted by atomic mass is 10.1. The van der Waals surface area contributed by atoms with Gasteiger partial charge in [0.1, 0.15) is 11.6 Å². The van der Waals surface area contributed by atoms with Crippen LogP contribution in [0.25, 0.3) is 11.3 Å². The molecule has 344 valence electrons. The number of unbranched alkanes of at least 4 members (excludes halogenated alkanes) is 1. The van der Waals surface area contributed by atoms with Crippen molar-refractivity contribution in [2.24, 2.45) is 0 Å². The Kier molecular flexibility index (Phi) is 14.5. The quantitative estimate of drug-likeness (QED) is 0.0871. The topological polar surface area (TPSA) is 233 Å². The Morgan fingerprint density at radius 2 is 1.31 bits per heavy atom. The number of aromatic amines is 1. The molecular formula is C44H59N17O4. The van der Waals surface area contributed by atoms with Crippen LogP contribution in [0.4, 0.5) is 35.7 Å². The van der Waals surface area contributed by atoms with Crippen molar-refractivity contribution in [1.82, 2.24) is 65.0 Å². The van der Waals surface area contributed by atoms with Crippen molar-refractivity contribution in [3.8, 4) is 23.0 Å². The summed E-state index contributed by atoms with van der Waals surface area (Å²) < 4.78 is 11.3. The highest BCUT2D eigenvalue weighted by molar-refractivity contribution is 5.76. The Balaban J connectivity index is 0.865. The number of aromatic nitrogens is 10. The van der Waals surface area contributed by atoms with Crippen LogP contribution in [0, 0.1) is 0 Å². The number of amides is 1. The van der Waals surface area contributed by atoms with E-state index in [1.165, 1.54) is 6.07 Å². The summed E-state index contributed by atoms with van der Waals surface area (Å²) in [4.78, 5) is 78.8. The molecule has 0 radical (unpaired) electrons. The van der Waals surface area contributed by atoms with Gasteiger partial charge in [0.15, 0.2) is 0 Å². The van der Waals surface area contributed by atoms with Gasteiger partial charge in [-0.1, -0.05) is 38.1 Å². The minimum Gasteiger partial charge on any atom is -0.481 e. The van der Waals surface area contributed by atoms with Gasteiger partial charge in [-0.25, -0.2) is 4.98 Å². The first-order chi connectivity index (χ1) is 31.6. The molecule has 4 N–H and O–H groups in total. The first-order valence-electron chi connectivity index (χ1n) is 22.6. The summed E-state index contributed by atoms with van der Waals surface area (Å²) in [5.41, 5.74) is 2.96. The minimum absolute atomic E-state index is 0.0973. The van der Waals surface area contributed by atoms with E-state index in [1.807, 2.05) is 26.0 Å². The Hall–Kier alpha value is -6.61. The number of H-pyrrole nitrogens is 1. The van der Waals surface area contributed by atoms with Gasteiger partial charge in [0, 0.05) is 95.8 Å². The first-order valence-corrected chi connectivity index (χ1v) is 22.6. The van der Waals surface area contributed by atoms with Crippen molar-refractivity contribution in [2.75, 3.05) is 94.1 Å². The zero-order valence-corrected chi connectivity index (χ0v) is 37.9. The lowest BCUT2D eigenvalue weighted by Gasteiger charge is -2.34. The number of aryl methyl sites for hydroxylation is 2. The molecule has 21 nitrogen and oxygen atoms in total. The van der Waals surface area contributed by atoms with Crippen LogP contribution < -0.4 is 40.8 Å². The van der Waals surface area contributed by atoms with E-state index in [-0.39, 0.29) is 23.4 Å². The van der Waals surface area contributed by atoms with Crippen LogP contribution in [-0.2, 0) is 30.6 Å². The highest BCUT2D eigenvalue weighted by atomic mass is 16.5. The summed E-state index contributed by atoms with van der Waals surface area (Å²) in [5, 5.41) is 9.32. The average molecular weight is 890 g/mol. The lowest BCUT2D eigenvalue weighted by molar-refractivity contribution is -0.121. The number of carbonyl (C=O) groups excluding carboxylic acids is 1. The maximum atomic E-state index is 12.8. The second-order valence-corrected chi connectivity index (χ2v) is 16.5. The molecule has 0 spiro atoms. The number of benzene rings is 1. The fourth-order valence-electron chi connectivity index (χ4n) is 7.71. The Labute approximate surface area is 378 Å². The number of carbonyl (C=O) groups is 1. The van der Waals surface area contributed by atoms with Gasteiger partial charge in [-0.15, -0.1) is 0 Å². The predicted octanol–water partition coefficient (Wildman–Crippen LogP) is 3.29. The molecule has 1 saturated carbocycles. The van der Waals surface area contributed by atoms with E-state index < -0.39 is 0 Å². The van der Waals surface area contributed by atoms with Crippen LogP contribution in [0.3, 0.4) is 0 Å². The Bertz CT molecular complexity index is 2440. The zero-order valence-electron chi connectivity index (χ0n) is 37.9. The standard InChI is InChI=1S/C44H59N17O4/c1-6-33-47-40(56-43(49-33)60-22-18-58(3)19-23-60)54-39-46-32(26-36(63)51-39)29-14-12-28(13-15-29)27-59-20-24-61(25-21-59)44-50-34(7-2)48-41(57-44)55-42-52-37(64-4)31(38(53-42)65-5)10-8-9-11-35(62)45-30-16-17-30/h12-15,26,30H,6-11,16-25,27H2,1-5H3,(H,45,62)(H,48,50,52,53,55,57)(H2,46,47,49,51,54,56,63). The Morgan fingerprint density at radius 3 is 1.89 bits per heavy atom. The summed E-state index contributed by atoms with van der Waals surface area (Å²) in [6.07, 6.45) is 5.99. The van der Waals surface area contributed by atoms with Gasteiger partial charge < -0.3 is 29.5 Å². The lowest BCUT2D eigenvalue weighted by Crippen LogP contribution is -2.46. The largest absolute Gasteiger partial charge is 0.481 e. The molecule has 3 fully saturated rings. The van der Waals surface area contributed by atoms with Crippen molar-refractivity contribution < 1.29 is 14.3 Å². The van der Waals surface area contributed by atoms with Gasteiger partial charge in [0.05, 0.1) is 25.5 Å². The normalized spacial score (nSPS) is 15.8. The van der Waals surface area contributed by atoms with Gasteiger partial charge in [-0.2, -0.15) is 39.9 Å². The van der Waals surface area contributed by atoms with Crippen molar-refractivity contribution in [3.63, 3.8) is 0 Å². The molecule has 2 aliphatic heterocycles. The first kappa shape index (κ1) is 45.0. The minimum atomic E-state index is -0.284. The maximum Gasteiger partial charge on any atom is 0.252 e. The summed E-state index contributed by atoms with van der Waals surface area (Å²) in [5.74, 6) is 4.57. The molecule has 1 aliphatic carbocycles. The second kappa shape index (κ2) is 20.9. The molecule has 0 unspecified atom stereocenters.